The largest absolute Gasteiger partial charge is 0.478 e. The van der Waals surface area contributed by atoms with Gasteiger partial charge in [0.2, 0.25) is 0 Å². The van der Waals surface area contributed by atoms with Crippen LogP contribution < -0.4 is 10.1 Å². The number of esters is 1. The van der Waals surface area contributed by atoms with Crippen LogP contribution >= 0.6 is 0 Å². The zero-order valence-electron chi connectivity index (χ0n) is 13.5. The van der Waals surface area contributed by atoms with Gasteiger partial charge in [0, 0.05) is 0 Å². The molecule has 2 rings (SSSR count). The maximum atomic E-state index is 12.0. The van der Waals surface area contributed by atoms with Crippen LogP contribution in [0.3, 0.4) is 0 Å². The molecule has 0 aliphatic heterocycles. The van der Waals surface area contributed by atoms with Crippen LogP contribution in [0.1, 0.15) is 22.8 Å². The van der Waals surface area contributed by atoms with Crippen molar-refractivity contribution in [3.8, 4) is 5.75 Å². The molecule has 0 heterocycles. The van der Waals surface area contributed by atoms with E-state index < -0.39 is 24.1 Å². The molecule has 0 aliphatic carbocycles. The Kier molecular flexibility index (Phi) is 6.11. The van der Waals surface area contributed by atoms with Gasteiger partial charge in [-0.25, -0.2) is 14.4 Å². The molecular formula is C18H17NO6. The second-order valence-electron chi connectivity index (χ2n) is 5.18. The third kappa shape index (κ3) is 5.65. The van der Waals surface area contributed by atoms with Gasteiger partial charge in [-0.15, -0.1) is 0 Å². The predicted octanol–water partition coefficient (Wildman–Crippen LogP) is 2.61. The first kappa shape index (κ1) is 18.0. The number of hydrogen-bond acceptors (Lipinski definition) is 5. The summed E-state index contributed by atoms with van der Waals surface area (Å²) in [6.45, 7) is 1.52. The SMILES string of the molecule is C[C@H](NC(=O)OCc1ccccc1)C(=O)Oc1cccc(C(=O)O)c1. The molecule has 0 spiro atoms. The number of benzene rings is 2. The van der Waals surface area contributed by atoms with E-state index >= 15 is 0 Å². The number of ether oxygens (including phenoxy) is 2. The molecule has 0 saturated heterocycles. The fourth-order valence-electron chi connectivity index (χ4n) is 1.90. The number of amides is 1. The molecular weight excluding hydrogens is 326 g/mol. The molecule has 7 nitrogen and oxygen atoms in total. The summed E-state index contributed by atoms with van der Waals surface area (Å²) in [7, 11) is 0. The molecule has 0 aliphatic rings. The first-order valence-electron chi connectivity index (χ1n) is 7.48. The Morgan fingerprint density at radius 2 is 1.80 bits per heavy atom. The molecule has 0 radical (unpaired) electrons. The van der Waals surface area contributed by atoms with Gasteiger partial charge in [-0.1, -0.05) is 36.4 Å². The van der Waals surface area contributed by atoms with Gasteiger partial charge in [-0.2, -0.15) is 0 Å². The highest BCUT2D eigenvalue weighted by atomic mass is 16.6. The minimum absolute atomic E-state index is 0.00631. The third-order valence-electron chi connectivity index (χ3n) is 3.20. The van der Waals surface area contributed by atoms with Crippen molar-refractivity contribution in [2.75, 3.05) is 0 Å². The molecule has 0 bridgehead atoms. The Morgan fingerprint density at radius 1 is 1.08 bits per heavy atom. The average Bonchev–Trinajstić information content (AvgIpc) is 2.61. The van der Waals surface area contributed by atoms with Crippen LogP contribution in [-0.4, -0.2) is 29.2 Å². The summed E-state index contributed by atoms with van der Waals surface area (Å²) in [5.74, 6) is -1.79. The highest BCUT2D eigenvalue weighted by molar-refractivity contribution is 5.88. The van der Waals surface area contributed by atoms with Crippen molar-refractivity contribution in [1.82, 2.24) is 5.32 Å². The van der Waals surface area contributed by atoms with Crippen molar-refractivity contribution in [2.45, 2.75) is 19.6 Å². The molecule has 130 valence electrons. The quantitative estimate of drug-likeness (QED) is 0.617. The fourth-order valence-corrected chi connectivity index (χ4v) is 1.90. The van der Waals surface area contributed by atoms with Crippen LogP contribution in [0.25, 0.3) is 0 Å². The van der Waals surface area contributed by atoms with Crippen LogP contribution in [0.4, 0.5) is 4.79 Å². The monoisotopic (exact) mass is 343 g/mol. The second kappa shape index (κ2) is 8.49. The Bertz CT molecular complexity index is 759. The highest BCUT2D eigenvalue weighted by Gasteiger charge is 2.19. The van der Waals surface area contributed by atoms with Gasteiger partial charge in [-0.3, -0.25) is 0 Å². The zero-order valence-corrected chi connectivity index (χ0v) is 13.5. The molecule has 2 N–H and O–H groups in total. The van der Waals surface area contributed by atoms with Gasteiger partial charge in [0.05, 0.1) is 5.56 Å². The standard InChI is InChI=1S/C18H17NO6/c1-12(19-18(23)24-11-13-6-3-2-4-7-13)17(22)25-15-9-5-8-14(10-15)16(20)21/h2-10,12H,11H2,1H3,(H,19,23)(H,20,21)/t12-/m0/s1. The van der Waals surface area contributed by atoms with E-state index in [4.69, 9.17) is 14.6 Å². The summed E-state index contributed by atoms with van der Waals surface area (Å²) in [6.07, 6.45) is -0.757. The summed E-state index contributed by atoms with van der Waals surface area (Å²) in [5.41, 5.74) is 0.812. The van der Waals surface area contributed by atoms with Crippen molar-refractivity contribution in [3.05, 3.63) is 65.7 Å². The van der Waals surface area contributed by atoms with Crippen molar-refractivity contribution in [3.63, 3.8) is 0 Å². The number of nitrogens with one attached hydrogen (secondary N) is 1. The van der Waals surface area contributed by atoms with Gasteiger partial charge >= 0.3 is 18.0 Å². The van der Waals surface area contributed by atoms with E-state index in [0.29, 0.717) is 0 Å². The normalized spacial score (nSPS) is 11.2. The number of carboxylic acid groups (broad SMARTS) is 1. The number of rotatable bonds is 6. The van der Waals surface area contributed by atoms with Crippen LogP contribution in [0, 0.1) is 0 Å². The maximum Gasteiger partial charge on any atom is 0.408 e. The van der Waals surface area contributed by atoms with Crippen LogP contribution in [0.5, 0.6) is 5.75 Å². The van der Waals surface area contributed by atoms with Crippen LogP contribution in [0.2, 0.25) is 0 Å². The maximum absolute atomic E-state index is 12.0. The van der Waals surface area contributed by atoms with Gasteiger partial charge in [-0.05, 0) is 30.7 Å². The molecule has 0 aromatic heterocycles. The van der Waals surface area contributed by atoms with E-state index in [1.807, 2.05) is 18.2 Å². The number of carbonyl (C=O) groups is 3. The van der Waals surface area contributed by atoms with Gasteiger partial charge in [0.25, 0.3) is 0 Å². The second-order valence-corrected chi connectivity index (χ2v) is 5.18. The average molecular weight is 343 g/mol. The lowest BCUT2D eigenvalue weighted by molar-refractivity contribution is -0.136. The molecule has 2 aromatic carbocycles. The van der Waals surface area contributed by atoms with Crippen LogP contribution in [0.15, 0.2) is 54.6 Å². The first-order chi connectivity index (χ1) is 12.0. The number of alkyl carbamates (subject to hydrolysis) is 1. The Labute approximate surface area is 144 Å². The molecule has 25 heavy (non-hydrogen) atoms. The Morgan fingerprint density at radius 3 is 2.48 bits per heavy atom. The summed E-state index contributed by atoms with van der Waals surface area (Å²) < 4.78 is 10.1. The van der Waals surface area contributed by atoms with E-state index in [1.54, 1.807) is 12.1 Å². The molecule has 1 amide bonds. The van der Waals surface area contributed by atoms with Crippen LogP contribution in [-0.2, 0) is 16.1 Å². The van der Waals surface area contributed by atoms with E-state index in [1.165, 1.54) is 31.2 Å². The number of carboxylic acids is 1. The Balaban J connectivity index is 1.84. The van der Waals surface area contributed by atoms with Crippen molar-refractivity contribution in [2.24, 2.45) is 0 Å². The van der Waals surface area contributed by atoms with E-state index in [9.17, 15) is 14.4 Å². The summed E-state index contributed by atoms with van der Waals surface area (Å²) in [6, 6.07) is 13.6. The van der Waals surface area contributed by atoms with E-state index in [2.05, 4.69) is 5.32 Å². The third-order valence-corrected chi connectivity index (χ3v) is 3.20. The number of hydrogen-bond donors (Lipinski definition) is 2. The zero-order chi connectivity index (χ0) is 18.2. The summed E-state index contributed by atoms with van der Waals surface area (Å²) in [5, 5.41) is 11.3. The first-order valence-corrected chi connectivity index (χ1v) is 7.48. The van der Waals surface area contributed by atoms with E-state index in [0.717, 1.165) is 5.56 Å². The minimum Gasteiger partial charge on any atom is -0.478 e. The molecule has 0 fully saturated rings. The van der Waals surface area contributed by atoms with E-state index in [-0.39, 0.29) is 17.9 Å². The lowest BCUT2D eigenvalue weighted by Gasteiger charge is -2.13. The number of carbonyl (C=O) groups excluding carboxylic acids is 2. The van der Waals surface area contributed by atoms with Crippen molar-refractivity contribution >= 4 is 18.0 Å². The lowest BCUT2D eigenvalue weighted by Crippen LogP contribution is -2.41. The number of aromatic carboxylic acids is 1. The summed E-state index contributed by atoms with van der Waals surface area (Å²) in [4.78, 5) is 34.6. The predicted molar refractivity (Wildman–Crippen MR) is 88.3 cm³/mol. The fraction of sp³-hybridized carbons (Fsp3) is 0.167. The smallest absolute Gasteiger partial charge is 0.408 e. The molecule has 0 unspecified atom stereocenters. The van der Waals surface area contributed by atoms with Crippen molar-refractivity contribution in [1.29, 1.82) is 0 Å². The highest BCUT2D eigenvalue weighted by Crippen LogP contribution is 2.14. The topological polar surface area (TPSA) is 102 Å². The van der Waals surface area contributed by atoms with Gasteiger partial charge in [0.15, 0.2) is 0 Å². The molecule has 0 saturated carbocycles. The van der Waals surface area contributed by atoms with Crippen molar-refractivity contribution < 1.29 is 29.0 Å². The molecule has 2 aromatic rings. The molecule has 7 heteroatoms. The van der Waals surface area contributed by atoms with Gasteiger partial charge < -0.3 is 19.9 Å². The summed E-state index contributed by atoms with van der Waals surface area (Å²) >= 11 is 0. The van der Waals surface area contributed by atoms with Gasteiger partial charge in [0.1, 0.15) is 18.4 Å². The Hall–Kier alpha value is -3.35. The minimum atomic E-state index is -1.13. The molecule has 1 atom stereocenters. The lowest BCUT2D eigenvalue weighted by atomic mass is 10.2.